The van der Waals surface area contributed by atoms with E-state index in [0.29, 0.717) is 17.7 Å². The number of benzene rings is 1. The molecule has 1 heterocycles. The molecule has 0 unspecified atom stereocenters. The van der Waals surface area contributed by atoms with Crippen molar-refractivity contribution in [2.45, 2.75) is 32.0 Å². The largest absolute Gasteiger partial charge is 0.489 e. The topological polar surface area (TPSA) is 34.4 Å². The molecule has 1 fully saturated rings. The average molecular weight is 278 g/mol. The SMILES string of the molecule is Clc1ccc(OCc2ccoc2CNC2CC2)cc1. The van der Waals surface area contributed by atoms with Gasteiger partial charge in [-0.2, -0.15) is 0 Å². The van der Waals surface area contributed by atoms with Crippen LogP contribution < -0.4 is 10.1 Å². The van der Waals surface area contributed by atoms with Crippen molar-refractivity contribution in [3.63, 3.8) is 0 Å². The predicted octanol–water partition coefficient (Wildman–Crippen LogP) is 3.76. The van der Waals surface area contributed by atoms with E-state index < -0.39 is 0 Å². The molecule has 0 bridgehead atoms. The number of halogens is 1. The maximum Gasteiger partial charge on any atom is 0.124 e. The second-order valence-electron chi connectivity index (χ2n) is 4.77. The highest BCUT2D eigenvalue weighted by Gasteiger charge is 2.21. The van der Waals surface area contributed by atoms with Gasteiger partial charge in [-0.3, -0.25) is 0 Å². The molecule has 0 saturated heterocycles. The highest BCUT2D eigenvalue weighted by atomic mass is 35.5. The van der Waals surface area contributed by atoms with E-state index in [1.54, 1.807) is 6.26 Å². The molecular weight excluding hydrogens is 262 g/mol. The van der Waals surface area contributed by atoms with Crippen molar-refractivity contribution in [2.24, 2.45) is 0 Å². The molecule has 19 heavy (non-hydrogen) atoms. The summed E-state index contributed by atoms with van der Waals surface area (Å²) in [6.07, 6.45) is 4.26. The fourth-order valence-corrected chi connectivity index (χ4v) is 1.99. The van der Waals surface area contributed by atoms with Gasteiger partial charge in [-0.25, -0.2) is 0 Å². The first-order valence-electron chi connectivity index (χ1n) is 6.48. The Hall–Kier alpha value is -1.45. The lowest BCUT2D eigenvalue weighted by Crippen LogP contribution is -2.16. The highest BCUT2D eigenvalue weighted by Crippen LogP contribution is 2.21. The Morgan fingerprint density at radius 3 is 2.74 bits per heavy atom. The van der Waals surface area contributed by atoms with Gasteiger partial charge in [-0.1, -0.05) is 11.6 Å². The molecular formula is C15H16ClNO2. The summed E-state index contributed by atoms with van der Waals surface area (Å²) < 4.78 is 11.2. The average Bonchev–Trinajstić information content (AvgIpc) is 3.15. The summed E-state index contributed by atoms with van der Waals surface area (Å²) in [5.41, 5.74) is 1.09. The normalized spacial score (nSPS) is 14.6. The van der Waals surface area contributed by atoms with Gasteiger partial charge in [-0.15, -0.1) is 0 Å². The van der Waals surface area contributed by atoms with Gasteiger partial charge in [-0.05, 0) is 43.2 Å². The van der Waals surface area contributed by atoms with E-state index in [0.717, 1.165) is 23.6 Å². The molecule has 100 valence electrons. The van der Waals surface area contributed by atoms with E-state index in [1.165, 1.54) is 12.8 Å². The number of furan rings is 1. The second kappa shape index (κ2) is 5.68. The summed E-state index contributed by atoms with van der Waals surface area (Å²) in [6, 6.07) is 10.0. The highest BCUT2D eigenvalue weighted by molar-refractivity contribution is 6.30. The molecule has 2 aromatic rings. The lowest BCUT2D eigenvalue weighted by Gasteiger charge is -2.07. The summed E-state index contributed by atoms with van der Waals surface area (Å²) in [4.78, 5) is 0. The molecule has 1 N–H and O–H groups in total. The Morgan fingerprint density at radius 2 is 2.00 bits per heavy atom. The molecule has 4 heteroatoms. The Balaban J connectivity index is 1.56. The minimum Gasteiger partial charge on any atom is -0.489 e. The Morgan fingerprint density at radius 1 is 1.21 bits per heavy atom. The fraction of sp³-hybridized carbons (Fsp3) is 0.333. The monoisotopic (exact) mass is 277 g/mol. The van der Waals surface area contributed by atoms with Crippen LogP contribution in [0.25, 0.3) is 0 Å². The first-order chi connectivity index (χ1) is 9.31. The van der Waals surface area contributed by atoms with Crippen LogP contribution in [0.5, 0.6) is 5.75 Å². The quantitative estimate of drug-likeness (QED) is 0.873. The number of rotatable bonds is 6. The van der Waals surface area contributed by atoms with Crippen LogP contribution in [0, 0.1) is 0 Å². The van der Waals surface area contributed by atoms with Crippen LogP contribution in [0.3, 0.4) is 0 Å². The minimum absolute atomic E-state index is 0.514. The van der Waals surface area contributed by atoms with Crippen LogP contribution in [0.15, 0.2) is 41.0 Å². The molecule has 1 saturated carbocycles. The number of nitrogens with one attached hydrogen (secondary N) is 1. The molecule has 0 spiro atoms. The van der Waals surface area contributed by atoms with Gasteiger partial charge in [0.2, 0.25) is 0 Å². The molecule has 0 radical (unpaired) electrons. The molecule has 1 aliphatic rings. The van der Waals surface area contributed by atoms with Crippen LogP contribution in [-0.4, -0.2) is 6.04 Å². The van der Waals surface area contributed by atoms with Crippen LogP contribution in [-0.2, 0) is 13.2 Å². The number of ether oxygens (including phenoxy) is 1. The molecule has 0 aliphatic heterocycles. The van der Waals surface area contributed by atoms with Crippen LogP contribution in [0.2, 0.25) is 5.02 Å². The Bertz CT molecular complexity index is 531. The van der Waals surface area contributed by atoms with E-state index in [4.69, 9.17) is 20.8 Å². The van der Waals surface area contributed by atoms with E-state index in [9.17, 15) is 0 Å². The van der Waals surface area contributed by atoms with Gasteiger partial charge < -0.3 is 14.5 Å². The van der Waals surface area contributed by atoms with Gasteiger partial charge in [0, 0.05) is 16.6 Å². The van der Waals surface area contributed by atoms with Crippen LogP contribution >= 0.6 is 11.6 Å². The molecule has 1 aromatic heterocycles. The van der Waals surface area contributed by atoms with Crippen molar-refractivity contribution >= 4 is 11.6 Å². The molecule has 3 nitrogen and oxygen atoms in total. The Kier molecular flexibility index (Phi) is 3.76. The lowest BCUT2D eigenvalue weighted by molar-refractivity contribution is 0.301. The van der Waals surface area contributed by atoms with Gasteiger partial charge in [0.15, 0.2) is 0 Å². The summed E-state index contributed by atoms with van der Waals surface area (Å²) in [5.74, 6) is 1.77. The molecule has 0 amide bonds. The standard InChI is InChI=1S/C15H16ClNO2/c16-12-1-5-14(6-2-12)19-10-11-7-8-18-15(11)9-17-13-3-4-13/h1-2,5-8,13,17H,3-4,9-10H2. The minimum atomic E-state index is 0.514. The first-order valence-corrected chi connectivity index (χ1v) is 6.86. The van der Waals surface area contributed by atoms with E-state index in [2.05, 4.69) is 5.32 Å². The summed E-state index contributed by atoms with van der Waals surface area (Å²) >= 11 is 5.83. The van der Waals surface area contributed by atoms with Gasteiger partial charge >= 0.3 is 0 Å². The van der Waals surface area contributed by atoms with Crippen molar-refractivity contribution in [3.05, 3.63) is 52.9 Å². The zero-order chi connectivity index (χ0) is 13.1. The van der Waals surface area contributed by atoms with Crippen molar-refractivity contribution in [2.75, 3.05) is 0 Å². The summed E-state index contributed by atoms with van der Waals surface area (Å²) in [5, 5.41) is 4.15. The van der Waals surface area contributed by atoms with Crippen molar-refractivity contribution in [1.29, 1.82) is 0 Å². The lowest BCUT2D eigenvalue weighted by atomic mass is 10.2. The zero-order valence-corrected chi connectivity index (χ0v) is 11.3. The molecule has 3 rings (SSSR count). The maximum atomic E-state index is 5.83. The van der Waals surface area contributed by atoms with Crippen LogP contribution in [0.1, 0.15) is 24.2 Å². The van der Waals surface area contributed by atoms with Gasteiger partial charge in [0.1, 0.15) is 18.1 Å². The van der Waals surface area contributed by atoms with Crippen molar-refractivity contribution in [3.8, 4) is 5.75 Å². The number of hydrogen-bond acceptors (Lipinski definition) is 3. The van der Waals surface area contributed by atoms with Crippen LogP contribution in [0.4, 0.5) is 0 Å². The van der Waals surface area contributed by atoms with E-state index >= 15 is 0 Å². The first kappa shape index (κ1) is 12.6. The van der Waals surface area contributed by atoms with E-state index in [1.807, 2.05) is 30.3 Å². The molecule has 1 aromatic carbocycles. The summed E-state index contributed by atoms with van der Waals surface area (Å²) in [7, 11) is 0. The second-order valence-corrected chi connectivity index (χ2v) is 5.20. The number of hydrogen-bond donors (Lipinski definition) is 1. The predicted molar refractivity (Wildman–Crippen MR) is 74.4 cm³/mol. The molecule has 1 aliphatic carbocycles. The molecule has 0 atom stereocenters. The van der Waals surface area contributed by atoms with Crippen molar-refractivity contribution < 1.29 is 9.15 Å². The zero-order valence-electron chi connectivity index (χ0n) is 10.6. The third-order valence-electron chi connectivity index (χ3n) is 3.17. The van der Waals surface area contributed by atoms with Gasteiger partial charge in [0.25, 0.3) is 0 Å². The smallest absolute Gasteiger partial charge is 0.124 e. The third kappa shape index (κ3) is 3.52. The fourth-order valence-electron chi connectivity index (χ4n) is 1.87. The van der Waals surface area contributed by atoms with Gasteiger partial charge in [0.05, 0.1) is 12.8 Å². The summed E-state index contributed by atoms with van der Waals surface area (Å²) in [6.45, 7) is 1.29. The maximum absolute atomic E-state index is 5.83. The third-order valence-corrected chi connectivity index (χ3v) is 3.43. The Labute approximate surface area is 117 Å². The van der Waals surface area contributed by atoms with Crippen molar-refractivity contribution in [1.82, 2.24) is 5.32 Å². The van der Waals surface area contributed by atoms with E-state index in [-0.39, 0.29) is 0 Å².